The lowest BCUT2D eigenvalue weighted by molar-refractivity contribution is -0.117. The van der Waals surface area contributed by atoms with Crippen LogP contribution in [0.1, 0.15) is 30.5 Å². The lowest BCUT2D eigenvalue weighted by Crippen LogP contribution is -2.39. The van der Waals surface area contributed by atoms with Crippen molar-refractivity contribution in [3.05, 3.63) is 28.4 Å². The topological polar surface area (TPSA) is 94.3 Å². The van der Waals surface area contributed by atoms with Crippen LogP contribution >= 0.6 is 21.8 Å². The van der Waals surface area contributed by atoms with Crippen molar-refractivity contribution < 1.29 is 41.0 Å². The Labute approximate surface area is 230 Å². The average Bonchev–Trinajstić information content (AvgIpc) is 3.12. The quantitative estimate of drug-likeness (QED) is 0.310. The van der Waals surface area contributed by atoms with E-state index in [4.69, 9.17) is 11.6 Å². The van der Waals surface area contributed by atoms with Gasteiger partial charge in [-0.3, -0.25) is 4.31 Å². The fourth-order valence-corrected chi connectivity index (χ4v) is 6.32. The first kappa shape index (κ1) is 32.0. The van der Waals surface area contributed by atoms with Gasteiger partial charge in [0.1, 0.15) is 23.2 Å². The number of aryl methyl sites for hydroxylation is 1. The van der Waals surface area contributed by atoms with Crippen LogP contribution in [0.25, 0.3) is 5.69 Å². The first-order valence-corrected chi connectivity index (χ1v) is 15.8. The standard InChI is InChI=1S/C21H25ClF8N6O2S2/c1-14-10-15(40(26,27,28,29)30)11-16(22)18(14)36-20(32-6-9-34-7-4-3-5-8-34)19(17(12-31)33-36)35(39(2,37)38)13-21(23,24)25/h10-11,32H,3-9,13H2,1-2H3. The summed E-state index contributed by atoms with van der Waals surface area (Å²) in [7, 11) is -14.9. The SMILES string of the molecule is Cc1cc(S(F)(F)(F)(F)F)cc(Cl)c1-n1nc(C#N)c(N(CC(F)(F)F)S(C)(=O)=O)c1NCCN1CCCCC1. The highest BCUT2D eigenvalue weighted by Crippen LogP contribution is 3.02. The number of hydrogen-bond acceptors (Lipinski definition) is 6. The molecule has 8 nitrogen and oxygen atoms in total. The van der Waals surface area contributed by atoms with Crippen LogP contribution in [0.2, 0.25) is 5.02 Å². The zero-order chi connectivity index (χ0) is 30.4. The summed E-state index contributed by atoms with van der Waals surface area (Å²) in [5.74, 6) is -0.506. The number of likely N-dealkylation sites (tertiary alicyclic amines) is 1. The predicted octanol–water partition coefficient (Wildman–Crippen LogP) is 6.59. The Morgan fingerprint density at radius 2 is 1.75 bits per heavy atom. The molecule has 226 valence electrons. The van der Waals surface area contributed by atoms with Crippen LogP contribution in [0, 0.1) is 18.3 Å². The van der Waals surface area contributed by atoms with E-state index in [1.165, 1.54) is 6.07 Å². The van der Waals surface area contributed by atoms with Gasteiger partial charge in [0.2, 0.25) is 10.0 Å². The third kappa shape index (κ3) is 7.62. The van der Waals surface area contributed by atoms with Gasteiger partial charge in [0.05, 0.1) is 17.0 Å². The van der Waals surface area contributed by atoms with E-state index < -0.39 is 71.3 Å². The summed E-state index contributed by atoms with van der Waals surface area (Å²) in [5, 5.41) is 15.3. The number of halogens is 9. The van der Waals surface area contributed by atoms with Crippen LogP contribution in [-0.2, 0) is 10.0 Å². The van der Waals surface area contributed by atoms with Gasteiger partial charge in [-0.15, -0.1) is 0 Å². The molecule has 0 amide bonds. The Balaban J connectivity index is 2.25. The van der Waals surface area contributed by atoms with Crippen LogP contribution in [0.3, 0.4) is 0 Å². The van der Waals surface area contributed by atoms with E-state index in [2.05, 4.69) is 10.4 Å². The van der Waals surface area contributed by atoms with E-state index in [0.29, 0.717) is 17.5 Å². The van der Waals surface area contributed by atoms with Crippen LogP contribution in [-0.4, -0.2) is 68.3 Å². The van der Waals surface area contributed by atoms with Crippen molar-refractivity contribution in [3.8, 4) is 11.8 Å². The minimum absolute atomic E-state index is 0.00655. The molecule has 1 fully saturated rings. The van der Waals surface area contributed by atoms with E-state index in [0.717, 1.165) is 39.3 Å². The summed E-state index contributed by atoms with van der Waals surface area (Å²) in [6.45, 7) is 0.698. The maximum Gasteiger partial charge on any atom is 0.407 e. The second kappa shape index (κ2) is 10.1. The van der Waals surface area contributed by atoms with Crippen molar-refractivity contribution in [1.82, 2.24) is 14.7 Å². The van der Waals surface area contributed by atoms with Gasteiger partial charge in [0.15, 0.2) is 11.5 Å². The van der Waals surface area contributed by atoms with E-state index in [-0.39, 0.29) is 23.0 Å². The van der Waals surface area contributed by atoms with Gasteiger partial charge in [-0.2, -0.15) is 23.5 Å². The number of anilines is 2. The zero-order valence-electron chi connectivity index (χ0n) is 21.1. The zero-order valence-corrected chi connectivity index (χ0v) is 23.5. The predicted molar refractivity (Wildman–Crippen MR) is 136 cm³/mol. The number of rotatable bonds is 9. The normalized spacial score (nSPS) is 17.1. The minimum Gasteiger partial charge on any atom is -0.367 e. The molecule has 0 saturated carbocycles. The van der Waals surface area contributed by atoms with E-state index in [1.807, 2.05) is 4.90 Å². The summed E-state index contributed by atoms with van der Waals surface area (Å²) in [4.78, 5) is -0.290. The van der Waals surface area contributed by atoms with Gasteiger partial charge in [-0.1, -0.05) is 37.5 Å². The maximum atomic E-state index is 13.5. The Bertz CT molecular complexity index is 1410. The summed E-state index contributed by atoms with van der Waals surface area (Å²) < 4.78 is 133. The van der Waals surface area contributed by atoms with Crippen molar-refractivity contribution >= 4 is 43.4 Å². The third-order valence-electron chi connectivity index (χ3n) is 5.99. The molecule has 1 saturated heterocycles. The molecule has 0 atom stereocenters. The molecule has 0 radical (unpaired) electrons. The number of alkyl halides is 3. The second-order valence-corrected chi connectivity index (χ2v) is 14.0. The van der Waals surface area contributed by atoms with Gasteiger partial charge < -0.3 is 10.2 Å². The fraction of sp³-hybridized carbons (Fsp3) is 0.524. The molecule has 0 bridgehead atoms. The number of nitrogens with one attached hydrogen (secondary N) is 1. The van der Waals surface area contributed by atoms with E-state index in [9.17, 15) is 46.3 Å². The molecule has 3 rings (SSSR count). The van der Waals surface area contributed by atoms with Crippen LogP contribution < -0.4 is 9.62 Å². The number of nitrogens with zero attached hydrogens (tertiary/aromatic N) is 5. The monoisotopic (exact) mass is 644 g/mol. The molecule has 1 aliphatic rings. The van der Waals surface area contributed by atoms with Gasteiger partial charge in [-0.25, -0.2) is 13.1 Å². The molecule has 19 heteroatoms. The van der Waals surface area contributed by atoms with Crippen LogP contribution in [0.15, 0.2) is 17.0 Å². The van der Waals surface area contributed by atoms with Crippen LogP contribution in [0.5, 0.6) is 0 Å². The molecule has 1 aliphatic heterocycles. The Morgan fingerprint density at radius 3 is 2.23 bits per heavy atom. The van der Waals surface area contributed by atoms with E-state index in [1.54, 1.807) is 0 Å². The van der Waals surface area contributed by atoms with Gasteiger partial charge in [0.25, 0.3) is 0 Å². The highest BCUT2D eigenvalue weighted by molar-refractivity contribution is 8.45. The number of sulfonamides is 1. The summed E-state index contributed by atoms with van der Waals surface area (Å²) in [6, 6.07) is 1.54. The molecular weight excluding hydrogens is 620 g/mol. The summed E-state index contributed by atoms with van der Waals surface area (Å²) in [6.07, 6.45) is -1.78. The number of piperidine rings is 1. The Hall–Kier alpha value is -2.49. The fourth-order valence-electron chi connectivity index (χ4n) is 4.28. The van der Waals surface area contributed by atoms with Crippen molar-refractivity contribution in [3.63, 3.8) is 0 Å². The number of hydrogen-bond donors (Lipinski definition) is 1. The third-order valence-corrected chi connectivity index (χ3v) is 8.52. The molecular formula is C21H25ClF8N6O2S2. The lowest BCUT2D eigenvalue weighted by atomic mass is 10.1. The summed E-state index contributed by atoms with van der Waals surface area (Å²) in [5.41, 5.74) is -2.65. The van der Waals surface area contributed by atoms with Crippen molar-refractivity contribution in [2.24, 2.45) is 0 Å². The first-order chi connectivity index (χ1) is 18.0. The number of benzene rings is 1. The first-order valence-electron chi connectivity index (χ1n) is 11.6. The number of aromatic nitrogens is 2. The van der Waals surface area contributed by atoms with Gasteiger partial charge in [0, 0.05) is 13.1 Å². The molecule has 40 heavy (non-hydrogen) atoms. The molecule has 1 aromatic heterocycles. The second-order valence-electron chi connectivity index (χ2n) is 9.32. The maximum absolute atomic E-state index is 13.5. The number of nitriles is 1. The van der Waals surface area contributed by atoms with Gasteiger partial charge >= 0.3 is 16.4 Å². The highest BCUT2D eigenvalue weighted by Gasteiger charge is 2.65. The van der Waals surface area contributed by atoms with E-state index >= 15 is 0 Å². The Morgan fingerprint density at radius 1 is 1.15 bits per heavy atom. The highest BCUT2D eigenvalue weighted by atomic mass is 35.5. The minimum atomic E-state index is -10.2. The lowest BCUT2D eigenvalue weighted by Gasteiger charge is -2.41. The van der Waals surface area contributed by atoms with Gasteiger partial charge in [-0.05, 0) is 50.6 Å². The largest absolute Gasteiger partial charge is 0.407 e. The van der Waals surface area contributed by atoms with Crippen molar-refractivity contribution in [2.75, 3.05) is 48.6 Å². The average molecular weight is 645 g/mol. The van der Waals surface area contributed by atoms with Crippen LogP contribution in [0.4, 0.5) is 44.1 Å². The molecule has 0 aliphatic carbocycles. The molecule has 1 aromatic carbocycles. The molecule has 0 unspecified atom stereocenters. The molecule has 1 N–H and O–H groups in total. The summed E-state index contributed by atoms with van der Waals surface area (Å²) >= 11 is 6.00. The molecule has 2 heterocycles. The molecule has 2 aromatic rings. The smallest absolute Gasteiger partial charge is 0.367 e. The van der Waals surface area contributed by atoms with Crippen molar-refractivity contribution in [2.45, 2.75) is 37.3 Å². The van der Waals surface area contributed by atoms with Crippen molar-refractivity contribution in [1.29, 1.82) is 5.26 Å². The molecule has 0 spiro atoms. The Kier molecular flexibility index (Phi) is 8.09.